The number of aromatic nitrogens is 2. The molecule has 2 aromatic rings. The fraction of sp³-hybridized carbons (Fsp3) is 0.654. The molecule has 0 spiro atoms. The SMILES string of the molecule is CCOC(=O)CCCN(C)n1c(=O)c2cc(F)c(NC3CCCCC3)cc2n(C2CCCC2)c1=O. The maximum absolute atomic E-state index is 15.2. The van der Waals surface area contributed by atoms with E-state index in [1.807, 2.05) is 0 Å². The number of nitrogens with one attached hydrogen (secondary N) is 1. The molecule has 1 N–H and O–H groups in total. The van der Waals surface area contributed by atoms with E-state index in [2.05, 4.69) is 5.32 Å². The molecule has 2 aliphatic rings. The summed E-state index contributed by atoms with van der Waals surface area (Å²) in [6, 6.07) is 3.10. The van der Waals surface area contributed by atoms with Gasteiger partial charge in [0, 0.05) is 32.1 Å². The second-order valence-electron chi connectivity index (χ2n) is 9.83. The minimum Gasteiger partial charge on any atom is -0.466 e. The van der Waals surface area contributed by atoms with Crippen LogP contribution in [0.1, 0.15) is 83.6 Å². The summed E-state index contributed by atoms with van der Waals surface area (Å²) in [5, 5.41) is 5.05. The molecule has 2 saturated carbocycles. The van der Waals surface area contributed by atoms with Gasteiger partial charge in [0.05, 0.1) is 23.2 Å². The van der Waals surface area contributed by atoms with Crippen molar-refractivity contribution in [1.82, 2.24) is 9.24 Å². The minimum absolute atomic E-state index is 0.0298. The van der Waals surface area contributed by atoms with E-state index in [0.717, 1.165) is 56.0 Å². The fourth-order valence-corrected chi connectivity index (χ4v) is 5.52. The van der Waals surface area contributed by atoms with E-state index < -0.39 is 17.1 Å². The van der Waals surface area contributed by atoms with Crippen LogP contribution in [0.25, 0.3) is 10.9 Å². The Balaban J connectivity index is 1.73. The highest BCUT2D eigenvalue weighted by atomic mass is 19.1. The zero-order valence-corrected chi connectivity index (χ0v) is 20.9. The van der Waals surface area contributed by atoms with Gasteiger partial charge in [-0.2, -0.15) is 4.68 Å². The molecule has 8 nitrogen and oxygen atoms in total. The molecule has 0 saturated heterocycles. The molecule has 2 aliphatic carbocycles. The molecule has 0 aliphatic heterocycles. The minimum atomic E-state index is -0.541. The number of anilines is 1. The average molecular weight is 489 g/mol. The second kappa shape index (κ2) is 11.3. The van der Waals surface area contributed by atoms with Crippen molar-refractivity contribution in [1.29, 1.82) is 0 Å². The van der Waals surface area contributed by atoms with Crippen LogP contribution in [0.5, 0.6) is 0 Å². The Kier molecular flexibility index (Phi) is 8.13. The molecule has 1 heterocycles. The number of ether oxygens (including phenoxy) is 1. The number of halogens is 1. The largest absolute Gasteiger partial charge is 0.466 e. The van der Waals surface area contributed by atoms with Crippen LogP contribution < -0.4 is 21.6 Å². The lowest BCUT2D eigenvalue weighted by Crippen LogP contribution is -2.51. The Morgan fingerprint density at radius 3 is 2.49 bits per heavy atom. The van der Waals surface area contributed by atoms with Crippen LogP contribution in [0.2, 0.25) is 0 Å². The van der Waals surface area contributed by atoms with E-state index >= 15 is 4.39 Å². The van der Waals surface area contributed by atoms with Gasteiger partial charge in [0.25, 0.3) is 5.56 Å². The third kappa shape index (κ3) is 5.54. The number of carbonyl (C=O) groups excluding carboxylic acids is 1. The molecule has 1 aromatic carbocycles. The quantitative estimate of drug-likeness (QED) is 0.536. The van der Waals surface area contributed by atoms with Crippen LogP contribution >= 0.6 is 0 Å². The van der Waals surface area contributed by atoms with Gasteiger partial charge in [-0.3, -0.25) is 14.2 Å². The van der Waals surface area contributed by atoms with Crippen LogP contribution in [0, 0.1) is 5.82 Å². The maximum Gasteiger partial charge on any atom is 0.350 e. The monoisotopic (exact) mass is 488 g/mol. The number of hydrogen-bond acceptors (Lipinski definition) is 6. The van der Waals surface area contributed by atoms with Gasteiger partial charge in [-0.1, -0.05) is 32.1 Å². The van der Waals surface area contributed by atoms with E-state index in [9.17, 15) is 14.4 Å². The van der Waals surface area contributed by atoms with Crippen molar-refractivity contribution in [2.75, 3.05) is 30.5 Å². The summed E-state index contributed by atoms with van der Waals surface area (Å²) in [5.41, 5.74) is -0.109. The molecule has 0 atom stereocenters. The Labute approximate surface area is 205 Å². The topological polar surface area (TPSA) is 85.6 Å². The smallest absolute Gasteiger partial charge is 0.350 e. The van der Waals surface area contributed by atoms with E-state index in [-0.39, 0.29) is 29.9 Å². The van der Waals surface area contributed by atoms with Crippen LogP contribution in [-0.4, -0.2) is 41.5 Å². The molecule has 0 amide bonds. The first-order valence-electron chi connectivity index (χ1n) is 13.0. The lowest BCUT2D eigenvalue weighted by Gasteiger charge is -2.26. The maximum atomic E-state index is 15.2. The van der Waals surface area contributed by atoms with Gasteiger partial charge in [-0.15, -0.1) is 0 Å². The van der Waals surface area contributed by atoms with Gasteiger partial charge >= 0.3 is 11.7 Å². The summed E-state index contributed by atoms with van der Waals surface area (Å²) in [5.74, 6) is -0.788. The standard InChI is InChI=1S/C26H37FN4O4/c1-3-35-24(32)14-9-15-29(2)31-25(33)20-16-21(27)22(28-18-10-5-4-6-11-18)17-23(20)30(26(31)34)19-12-7-8-13-19/h16-19,28H,3-15H2,1-2H3. The van der Waals surface area contributed by atoms with Crippen molar-refractivity contribution in [3.63, 3.8) is 0 Å². The summed E-state index contributed by atoms with van der Waals surface area (Å²) in [7, 11) is 1.65. The summed E-state index contributed by atoms with van der Waals surface area (Å²) < 4.78 is 22.9. The van der Waals surface area contributed by atoms with Crippen LogP contribution in [0.3, 0.4) is 0 Å². The third-order valence-corrected chi connectivity index (χ3v) is 7.32. The first kappa shape index (κ1) is 25.3. The van der Waals surface area contributed by atoms with Gasteiger partial charge in [0.2, 0.25) is 0 Å². The highest BCUT2D eigenvalue weighted by molar-refractivity contribution is 5.82. The lowest BCUT2D eigenvalue weighted by atomic mass is 9.95. The van der Waals surface area contributed by atoms with Crippen molar-refractivity contribution in [2.24, 2.45) is 0 Å². The van der Waals surface area contributed by atoms with Crippen molar-refractivity contribution in [3.05, 3.63) is 38.8 Å². The summed E-state index contributed by atoms with van der Waals surface area (Å²) in [6.45, 7) is 2.38. The Hall–Kier alpha value is -2.84. The molecule has 0 unspecified atom stereocenters. The Morgan fingerprint density at radius 1 is 1.11 bits per heavy atom. The Bertz CT molecular complexity index is 1160. The van der Waals surface area contributed by atoms with Crippen molar-refractivity contribution in [2.45, 2.75) is 89.6 Å². The number of esters is 1. The zero-order chi connectivity index (χ0) is 24.9. The molecular formula is C26H37FN4O4. The molecule has 0 bridgehead atoms. The van der Waals surface area contributed by atoms with E-state index in [1.54, 1.807) is 24.6 Å². The molecule has 0 radical (unpaired) electrons. The number of rotatable bonds is 9. The van der Waals surface area contributed by atoms with Crippen LogP contribution in [0.15, 0.2) is 21.7 Å². The number of hydrogen-bond donors (Lipinski definition) is 1. The van der Waals surface area contributed by atoms with E-state index in [4.69, 9.17) is 4.74 Å². The molecule has 192 valence electrons. The first-order valence-corrected chi connectivity index (χ1v) is 13.0. The van der Waals surface area contributed by atoms with Gasteiger partial charge in [-0.25, -0.2) is 9.18 Å². The third-order valence-electron chi connectivity index (χ3n) is 7.32. The van der Waals surface area contributed by atoms with E-state index in [0.29, 0.717) is 30.8 Å². The number of carbonyl (C=O) groups is 1. The van der Waals surface area contributed by atoms with Crippen LogP contribution in [-0.2, 0) is 9.53 Å². The van der Waals surface area contributed by atoms with E-state index in [1.165, 1.54) is 17.5 Å². The van der Waals surface area contributed by atoms with Crippen LogP contribution in [0.4, 0.5) is 10.1 Å². The summed E-state index contributed by atoms with van der Waals surface area (Å²) >= 11 is 0. The van der Waals surface area contributed by atoms with Gasteiger partial charge in [0.15, 0.2) is 0 Å². The molecule has 35 heavy (non-hydrogen) atoms. The predicted molar refractivity (Wildman–Crippen MR) is 135 cm³/mol. The molecule has 1 aromatic heterocycles. The molecular weight excluding hydrogens is 451 g/mol. The lowest BCUT2D eigenvalue weighted by molar-refractivity contribution is -0.143. The number of nitrogens with zero attached hydrogens (tertiary/aromatic N) is 3. The highest BCUT2D eigenvalue weighted by Crippen LogP contribution is 2.32. The fourth-order valence-electron chi connectivity index (χ4n) is 5.52. The van der Waals surface area contributed by atoms with Crippen molar-refractivity contribution < 1.29 is 13.9 Å². The zero-order valence-electron chi connectivity index (χ0n) is 20.9. The molecule has 9 heteroatoms. The number of benzene rings is 1. The van der Waals surface area contributed by atoms with Gasteiger partial charge < -0.3 is 15.1 Å². The Morgan fingerprint density at radius 2 is 1.80 bits per heavy atom. The first-order chi connectivity index (χ1) is 16.9. The summed E-state index contributed by atoms with van der Waals surface area (Å²) in [6.07, 6.45) is 9.78. The summed E-state index contributed by atoms with van der Waals surface area (Å²) in [4.78, 5) is 38.8. The second-order valence-corrected chi connectivity index (χ2v) is 9.83. The normalized spacial score (nSPS) is 17.1. The van der Waals surface area contributed by atoms with Crippen molar-refractivity contribution in [3.8, 4) is 0 Å². The van der Waals surface area contributed by atoms with Gasteiger partial charge in [-0.05, 0) is 51.2 Å². The molecule has 2 fully saturated rings. The van der Waals surface area contributed by atoms with Crippen molar-refractivity contribution >= 4 is 22.6 Å². The molecule has 4 rings (SSSR count). The highest BCUT2D eigenvalue weighted by Gasteiger charge is 2.26. The number of fused-ring (bicyclic) bond motifs is 1. The van der Waals surface area contributed by atoms with Gasteiger partial charge in [0.1, 0.15) is 5.82 Å². The average Bonchev–Trinajstić information content (AvgIpc) is 3.36. The predicted octanol–water partition coefficient (Wildman–Crippen LogP) is 4.07.